The van der Waals surface area contributed by atoms with Gasteiger partial charge in [-0.15, -0.1) is 16.8 Å². The summed E-state index contributed by atoms with van der Waals surface area (Å²) in [7, 11) is 3.13. The molecule has 0 aliphatic carbocycles. The van der Waals surface area contributed by atoms with Crippen LogP contribution in [0.2, 0.25) is 0 Å². The molecule has 3 aromatic rings. The van der Waals surface area contributed by atoms with Crippen LogP contribution in [0.3, 0.4) is 0 Å². The van der Waals surface area contributed by atoms with E-state index in [1.54, 1.807) is 38.6 Å². The molecule has 9 nitrogen and oxygen atoms in total. The Morgan fingerprint density at radius 1 is 1.15 bits per heavy atom. The van der Waals surface area contributed by atoms with Gasteiger partial charge < -0.3 is 19.4 Å². The van der Waals surface area contributed by atoms with Crippen molar-refractivity contribution in [2.24, 2.45) is 5.10 Å². The Morgan fingerprint density at radius 2 is 1.91 bits per heavy atom. The van der Waals surface area contributed by atoms with E-state index in [1.807, 2.05) is 41.8 Å². The second kappa shape index (κ2) is 12.4. The summed E-state index contributed by atoms with van der Waals surface area (Å²) in [6, 6.07) is 13.5. The highest BCUT2D eigenvalue weighted by molar-refractivity contribution is 7.99. The van der Waals surface area contributed by atoms with E-state index >= 15 is 0 Å². The minimum absolute atomic E-state index is 0.143. The van der Waals surface area contributed by atoms with Crippen molar-refractivity contribution in [1.82, 2.24) is 20.2 Å². The van der Waals surface area contributed by atoms with Gasteiger partial charge in [-0.2, -0.15) is 5.10 Å². The number of hydrogen-bond donors (Lipinski definition) is 2. The Labute approximate surface area is 203 Å². The fourth-order valence-electron chi connectivity index (χ4n) is 3.00. The highest BCUT2D eigenvalue weighted by Crippen LogP contribution is 2.26. The summed E-state index contributed by atoms with van der Waals surface area (Å²) >= 11 is 1.29. The minimum Gasteiger partial charge on any atom is -0.493 e. The Morgan fingerprint density at radius 3 is 2.62 bits per heavy atom. The fraction of sp³-hybridized carbons (Fsp3) is 0.250. The molecule has 2 aromatic carbocycles. The average molecular weight is 481 g/mol. The molecule has 2 N–H and O–H groups in total. The van der Waals surface area contributed by atoms with Gasteiger partial charge in [-0.25, -0.2) is 5.43 Å². The number of aromatic nitrogens is 3. The molecule has 0 aliphatic rings. The largest absolute Gasteiger partial charge is 0.493 e. The van der Waals surface area contributed by atoms with Crippen LogP contribution in [-0.4, -0.2) is 46.9 Å². The van der Waals surface area contributed by atoms with Gasteiger partial charge in [0.1, 0.15) is 0 Å². The Balaban J connectivity index is 1.54. The number of hydrazone groups is 1. The van der Waals surface area contributed by atoms with Crippen LogP contribution in [0.15, 0.2) is 65.4 Å². The molecule has 0 unspecified atom stereocenters. The molecule has 0 aliphatic heterocycles. The molecule has 0 spiro atoms. The zero-order valence-corrected chi connectivity index (χ0v) is 20.3. The van der Waals surface area contributed by atoms with Crippen molar-refractivity contribution >= 4 is 29.6 Å². The number of benzene rings is 2. The third-order valence-electron chi connectivity index (χ3n) is 4.75. The number of ether oxygens (including phenoxy) is 2. The number of hydrogen-bond acceptors (Lipinski definition) is 8. The van der Waals surface area contributed by atoms with Crippen LogP contribution in [0.5, 0.6) is 11.5 Å². The monoisotopic (exact) mass is 480 g/mol. The van der Waals surface area contributed by atoms with Crippen LogP contribution in [0.25, 0.3) is 0 Å². The number of nitrogens with one attached hydrogen (secondary N) is 2. The van der Waals surface area contributed by atoms with Crippen LogP contribution in [0.1, 0.15) is 17.0 Å². The molecule has 0 saturated heterocycles. The topological polar surface area (TPSA) is 103 Å². The van der Waals surface area contributed by atoms with Gasteiger partial charge in [0.25, 0.3) is 5.91 Å². The third-order valence-corrected chi connectivity index (χ3v) is 5.72. The van der Waals surface area contributed by atoms with Gasteiger partial charge in [0.2, 0.25) is 0 Å². The van der Waals surface area contributed by atoms with E-state index in [9.17, 15) is 4.79 Å². The van der Waals surface area contributed by atoms with E-state index in [-0.39, 0.29) is 11.7 Å². The smallest absolute Gasteiger partial charge is 0.250 e. The molecule has 178 valence electrons. The molecule has 0 radical (unpaired) electrons. The van der Waals surface area contributed by atoms with Crippen LogP contribution in [0.4, 0.5) is 5.69 Å². The van der Waals surface area contributed by atoms with Crippen molar-refractivity contribution in [3.8, 4) is 11.5 Å². The van der Waals surface area contributed by atoms with Crippen LogP contribution in [-0.2, 0) is 17.9 Å². The lowest BCUT2D eigenvalue weighted by molar-refractivity contribution is -0.118. The highest BCUT2D eigenvalue weighted by atomic mass is 32.2. The van der Waals surface area contributed by atoms with E-state index in [4.69, 9.17) is 9.47 Å². The van der Waals surface area contributed by atoms with Crippen molar-refractivity contribution < 1.29 is 14.3 Å². The quantitative estimate of drug-likeness (QED) is 0.177. The molecule has 0 bridgehead atoms. The van der Waals surface area contributed by atoms with Crippen LogP contribution < -0.4 is 20.2 Å². The molecule has 3 rings (SSSR count). The molecule has 0 atom stereocenters. The molecule has 34 heavy (non-hydrogen) atoms. The molecule has 1 amide bonds. The summed E-state index contributed by atoms with van der Waals surface area (Å²) < 4.78 is 12.4. The standard InChI is InChI=1S/C24H28N6O3S/c1-5-12-30-22(15-25-19-9-6-17(2)7-10-19)27-29-24(30)34-16-23(31)28-26-14-18-8-11-20(32-3)21(13-18)33-4/h5-11,13-14,25H,1,12,15-16H2,2-4H3,(H,28,31)/b26-14+. The van der Waals surface area contributed by atoms with Gasteiger partial charge >= 0.3 is 0 Å². The maximum atomic E-state index is 12.3. The average Bonchev–Trinajstić information content (AvgIpc) is 3.23. The maximum Gasteiger partial charge on any atom is 0.250 e. The number of carbonyl (C=O) groups is 1. The summed E-state index contributed by atoms with van der Waals surface area (Å²) in [5, 5.41) is 16.5. The van der Waals surface area contributed by atoms with Gasteiger partial charge in [-0.05, 0) is 42.8 Å². The first-order chi connectivity index (χ1) is 16.5. The third kappa shape index (κ3) is 6.85. The predicted octanol–water partition coefficient (Wildman–Crippen LogP) is 3.64. The molecule has 1 heterocycles. The summed E-state index contributed by atoms with van der Waals surface area (Å²) in [5.41, 5.74) is 5.49. The summed E-state index contributed by atoms with van der Waals surface area (Å²) in [5.74, 6) is 1.85. The van der Waals surface area contributed by atoms with Gasteiger partial charge in [0.15, 0.2) is 22.5 Å². The molecular weight excluding hydrogens is 452 g/mol. The van der Waals surface area contributed by atoms with Crippen molar-refractivity contribution in [1.29, 1.82) is 0 Å². The lowest BCUT2D eigenvalue weighted by atomic mass is 10.2. The number of allylic oxidation sites excluding steroid dienone is 1. The van der Waals surface area contributed by atoms with E-state index in [2.05, 4.69) is 32.6 Å². The highest BCUT2D eigenvalue weighted by Gasteiger charge is 2.13. The number of aryl methyl sites for hydroxylation is 1. The van der Waals surface area contributed by atoms with Gasteiger partial charge in [0, 0.05) is 12.2 Å². The summed E-state index contributed by atoms with van der Waals surface area (Å²) in [4.78, 5) is 12.3. The lowest BCUT2D eigenvalue weighted by Gasteiger charge is -2.09. The second-order valence-corrected chi connectivity index (χ2v) is 8.16. The second-order valence-electron chi connectivity index (χ2n) is 7.21. The fourth-order valence-corrected chi connectivity index (χ4v) is 3.75. The number of thioether (sulfide) groups is 1. The molecule has 0 saturated carbocycles. The predicted molar refractivity (Wildman–Crippen MR) is 135 cm³/mol. The molecule has 10 heteroatoms. The zero-order chi connectivity index (χ0) is 24.3. The van der Waals surface area contributed by atoms with Crippen molar-refractivity contribution in [2.75, 3.05) is 25.3 Å². The lowest BCUT2D eigenvalue weighted by Crippen LogP contribution is -2.20. The van der Waals surface area contributed by atoms with Crippen LogP contribution in [0, 0.1) is 6.92 Å². The number of methoxy groups -OCH3 is 2. The molecule has 0 fully saturated rings. The van der Waals surface area contributed by atoms with Crippen LogP contribution >= 0.6 is 11.8 Å². The van der Waals surface area contributed by atoms with E-state index < -0.39 is 0 Å². The number of rotatable bonds is 12. The van der Waals surface area contributed by atoms with Gasteiger partial charge in [0.05, 0.1) is 32.7 Å². The van der Waals surface area contributed by atoms with Crippen molar-refractivity contribution in [3.63, 3.8) is 0 Å². The Kier molecular flexibility index (Phi) is 9.10. The maximum absolute atomic E-state index is 12.3. The van der Waals surface area contributed by atoms with Gasteiger partial charge in [-0.3, -0.25) is 4.79 Å². The zero-order valence-electron chi connectivity index (χ0n) is 19.4. The number of anilines is 1. The molecular formula is C24H28N6O3S. The molecule has 1 aromatic heterocycles. The van der Waals surface area contributed by atoms with E-state index in [1.165, 1.54) is 17.3 Å². The Hall–Kier alpha value is -3.79. The minimum atomic E-state index is -0.255. The summed E-state index contributed by atoms with van der Waals surface area (Å²) in [6.45, 7) is 6.91. The Bertz CT molecular complexity index is 1140. The normalized spacial score (nSPS) is 10.8. The summed E-state index contributed by atoms with van der Waals surface area (Å²) in [6.07, 6.45) is 3.32. The number of nitrogens with zero attached hydrogens (tertiary/aromatic N) is 4. The first kappa shape index (κ1) is 24.8. The number of carbonyl (C=O) groups excluding carboxylic acids is 1. The van der Waals surface area contributed by atoms with Crippen molar-refractivity contribution in [2.45, 2.75) is 25.2 Å². The van der Waals surface area contributed by atoms with E-state index in [0.717, 1.165) is 17.1 Å². The van der Waals surface area contributed by atoms with E-state index in [0.29, 0.717) is 29.7 Å². The first-order valence-electron chi connectivity index (χ1n) is 10.5. The number of amides is 1. The van der Waals surface area contributed by atoms with Gasteiger partial charge in [-0.1, -0.05) is 35.5 Å². The SMILES string of the molecule is C=CCn1c(CNc2ccc(C)cc2)nnc1SCC(=O)N/N=C/c1ccc(OC)c(OC)c1. The van der Waals surface area contributed by atoms with Crippen molar-refractivity contribution in [3.05, 3.63) is 72.1 Å². The first-order valence-corrected chi connectivity index (χ1v) is 11.5.